The van der Waals surface area contributed by atoms with Crippen molar-refractivity contribution in [2.45, 2.75) is 93.6 Å². The monoisotopic (exact) mass is 284 g/mol. The van der Waals surface area contributed by atoms with E-state index in [1.165, 1.54) is 0 Å². The van der Waals surface area contributed by atoms with Crippen molar-refractivity contribution in [2.24, 2.45) is 16.7 Å². The summed E-state index contributed by atoms with van der Waals surface area (Å²) in [6, 6.07) is 0. The highest BCUT2D eigenvalue weighted by atomic mass is 16.6. The van der Waals surface area contributed by atoms with Crippen LogP contribution in [0.25, 0.3) is 0 Å². The minimum atomic E-state index is -0.386. The Balaban J connectivity index is 5.21. The zero-order valence-corrected chi connectivity index (χ0v) is 15.2. The maximum atomic E-state index is 12.8. The van der Waals surface area contributed by atoms with Crippen molar-refractivity contribution in [1.82, 2.24) is 0 Å². The van der Waals surface area contributed by atoms with Gasteiger partial charge in [0, 0.05) is 0 Å². The second kappa shape index (κ2) is 6.95. The van der Waals surface area contributed by atoms with Crippen LogP contribution in [0, 0.1) is 16.7 Å². The number of hydrogen-bond donors (Lipinski definition) is 0. The molecule has 0 aromatic carbocycles. The van der Waals surface area contributed by atoms with Crippen LogP contribution in [-0.2, 0) is 9.53 Å². The molecule has 0 spiro atoms. The van der Waals surface area contributed by atoms with Gasteiger partial charge in [-0.05, 0) is 43.9 Å². The van der Waals surface area contributed by atoms with Gasteiger partial charge in [-0.15, -0.1) is 0 Å². The van der Waals surface area contributed by atoms with Crippen molar-refractivity contribution in [3.8, 4) is 0 Å². The molecule has 0 aromatic heterocycles. The number of rotatable bonds is 7. The van der Waals surface area contributed by atoms with Crippen LogP contribution in [0.4, 0.5) is 0 Å². The molecular weight excluding hydrogens is 248 g/mol. The SMILES string of the molecule is CCC(C)(CC(C)(C)C)C(=O)OC(CC)(CC)C(C)C. The van der Waals surface area contributed by atoms with E-state index < -0.39 is 0 Å². The Labute approximate surface area is 126 Å². The summed E-state index contributed by atoms with van der Waals surface area (Å²) in [5, 5.41) is 0. The summed E-state index contributed by atoms with van der Waals surface area (Å²) in [6.07, 6.45) is 3.44. The van der Waals surface area contributed by atoms with E-state index in [9.17, 15) is 4.79 Å². The molecule has 0 saturated carbocycles. The summed E-state index contributed by atoms with van der Waals surface area (Å²) in [5.74, 6) is 0.324. The third kappa shape index (κ3) is 4.79. The molecule has 0 rings (SSSR count). The molecule has 0 N–H and O–H groups in total. The predicted octanol–water partition coefficient (Wildman–Crippen LogP) is 5.60. The molecule has 0 aromatic rings. The van der Waals surface area contributed by atoms with Crippen molar-refractivity contribution in [2.75, 3.05) is 0 Å². The van der Waals surface area contributed by atoms with Gasteiger partial charge >= 0.3 is 5.97 Å². The maximum Gasteiger partial charge on any atom is 0.312 e. The Morgan fingerprint density at radius 2 is 1.40 bits per heavy atom. The molecule has 20 heavy (non-hydrogen) atoms. The fraction of sp³-hybridized carbons (Fsp3) is 0.944. The van der Waals surface area contributed by atoms with Gasteiger partial charge in [-0.1, -0.05) is 55.4 Å². The molecule has 0 aliphatic rings. The lowest BCUT2D eigenvalue weighted by molar-refractivity contribution is -0.180. The first-order valence-corrected chi connectivity index (χ1v) is 8.19. The third-order valence-corrected chi connectivity index (χ3v) is 4.74. The first-order chi connectivity index (χ1) is 8.96. The normalized spacial score (nSPS) is 16.1. The van der Waals surface area contributed by atoms with E-state index in [2.05, 4.69) is 62.3 Å². The zero-order chi connectivity index (χ0) is 16.2. The van der Waals surface area contributed by atoms with Gasteiger partial charge in [0.1, 0.15) is 5.60 Å². The molecule has 2 nitrogen and oxygen atoms in total. The molecule has 2 heteroatoms. The van der Waals surface area contributed by atoms with Gasteiger partial charge in [-0.3, -0.25) is 4.79 Å². The fourth-order valence-electron chi connectivity index (χ4n) is 3.15. The highest BCUT2D eigenvalue weighted by molar-refractivity contribution is 5.77. The molecule has 0 heterocycles. The number of ether oxygens (including phenoxy) is 1. The Bertz CT molecular complexity index is 308. The number of esters is 1. The first kappa shape index (κ1) is 19.5. The van der Waals surface area contributed by atoms with Crippen molar-refractivity contribution in [1.29, 1.82) is 0 Å². The lowest BCUT2D eigenvalue weighted by atomic mass is 9.73. The topological polar surface area (TPSA) is 26.3 Å². The van der Waals surface area contributed by atoms with Crippen LogP contribution in [0.2, 0.25) is 0 Å². The third-order valence-electron chi connectivity index (χ3n) is 4.74. The standard InChI is InChI=1S/C18H36O2/c1-10-17(9,13-16(6,7)8)15(19)20-18(11-2,12-3)14(4)5/h14H,10-13H2,1-9H3. The average molecular weight is 284 g/mol. The lowest BCUT2D eigenvalue weighted by Crippen LogP contribution is -2.44. The molecule has 0 amide bonds. The van der Waals surface area contributed by atoms with E-state index in [4.69, 9.17) is 4.74 Å². The molecule has 0 aliphatic heterocycles. The van der Waals surface area contributed by atoms with Crippen LogP contribution in [0.15, 0.2) is 0 Å². The van der Waals surface area contributed by atoms with Gasteiger partial charge in [-0.25, -0.2) is 0 Å². The molecule has 1 unspecified atom stereocenters. The second-order valence-electron chi connectivity index (χ2n) is 7.97. The van der Waals surface area contributed by atoms with Gasteiger partial charge in [0.25, 0.3) is 0 Å². The van der Waals surface area contributed by atoms with Crippen LogP contribution in [0.5, 0.6) is 0 Å². The molecule has 0 radical (unpaired) electrons. The van der Waals surface area contributed by atoms with Gasteiger partial charge in [0.15, 0.2) is 0 Å². The van der Waals surface area contributed by atoms with Crippen LogP contribution in [-0.4, -0.2) is 11.6 Å². The van der Waals surface area contributed by atoms with E-state index in [1.54, 1.807) is 0 Å². The summed E-state index contributed by atoms with van der Waals surface area (Å²) in [4.78, 5) is 12.8. The summed E-state index contributed by atoms with van der Waals surface area (Å²) < 4.78 is 6.06. The Morgan fingerprint density at radius 1 is 0.950 bits per heavy atom. The number of carbonyl (C=O) groups is 1. The van der Waals surface area contributed by atoms with E-state index >= 15 is 0 Å². The van der Waals surface area contributed by atoms with E-state index in [0.717, 1.165) is 25.7 Å². The average Bonchev–Trinajstić information content (AvgIpc) is 2.33. The Morgan fingerprint density at radius 3 is 1.65 bits per heavy atom. The Kier molecular flexibility index (Phi) is 6.77. The van der Waals surface area contributed by atoms with Crippen molar-refractivity contribution in [3.05, 3.63) is 0 Å². The molecular formula is C18H36O2. The van der Waals surface area contributed by atoms with Gasteiger partial charge in [-0.2, -0.15) is 0 Å². The summed E-state index contributed by atoms with van der Waals surface area (Å²) in [5.41, 5.74) is -0.573. The minimum absolute atomic E-state index is 0.0210. The van der Waals surface area contributed by atoms with E-state index in [-0.39, 0.29) is 22.4 Å². The molecule has 1 atom stereocenters. The van der Waals surface area contributed by atoms with Crippen molar-refractivity contribution < 1.29 is 9.53 Å². The molecule has 0 bridgehead atoms. The largest absolute Gasteiger partial charge is 0.458 e. The lowest BCUT2D eigenvalue weighted by Gasteiger charge is -2.40. The van der Waals surface area contributed by atoms with Gasteiger partial charge in [0.2, 0.25) is 0 Å². The summed E-state index contributed by atoms with van der Waals surface area (Å²) in [7, 11) is 0. The van der Waals surface area contributed by atoms with Crippen molar-refractivity contribution in [3.63, 3.8) is 0 Å². The summed E-state index contributed by atoms with van der Waals surface area (Å²) >= 11 is 0. The highest BCUT2D eigenvalue weighted by Crippen LogP contribution is 2.40. The van der Waals surface area contributed by atoms with Gasteiger partial charge in [0.05, 0.1) is 5.41 Å². The van der Waals surface area contributed by atoms with Crippen LogP contribution in [0.3, 0.4) is 0 Å². The fourth-order valence-corrected chi connectivity index (χ4v) is 3.15. The Hall–Kier alpha value is -0.530. The number of carbonyl (C=O) groups excluding carboxylic acids is 1. The first-order valence-electron chi connectivity index (χ1n) is 8.19. The molecule has 0 aliphatic carbocycles. The maximum absolute atomic E-state index is 12.8. The van der Waals surface area contributed by atoms with Crippen LogP contribution in [0.1, 0.15) is 88.0 Å². The smallest absolute Gasteiger partial charge is 0.312 e. The highest BCUT2D eigenvalue weighted by Gasteiger charge is 2.42. The summed E-state index contributed by atoms with van der Waals surface area (Å²) in [6.45, 7) is 19.2. The molecule has 0 saturated heterocycles. The van der Waals surface area contributed by atoms with Crippen LogP contribution < -0.4 is 0 Å². The minimum Gasteiger partial charge on any atom is -0.458 e. The zero-order valence-electron chi connectivity index (χ0n) is 15.2. The van der Waals surface area contributed by atoms with Crippen molar-refractivity contribution >= 4 is 5.97 Å². The molecule has 120 valence electrons. The van der Waals surface area contributed by atoms with E-state index in [0.29, 0.717) is 5.92 Å². The molecule has 0 fully saturated rings. The van der Waals surface area contributed by atoms with Crippen LogP contribution >= 0.6 is 0 Å². The number of hydrogen-bond acceptors (Lipinski definition) is 2. The predicted molar refractivity (Wildman–Crippen MR) is 86.7 cm³/mol. The van der Waals surface area contributed by atoms with Gasteiger partial charge < -0.3 is 4.74 Å². The van der Waals surface area contributed by atoms with E-state index in [1.807, 2.05) is 0 Å². The quantitative estimate of drug-likeness (QED) is 0.569. The second-order valence-corrected chi connectivity index (χ2v) is 7.97.